The first-order valence-corrected chi connectivity index (χ1v) is 8.89. The Morgan fingerprint density at radius 1 is 1.39 bits per heavy atom. The van der Waals surface area contributed by atoms with Crippen LogP contribution in [0, 0.1) is 5.92 Å². The molecule has 4 N–H and O–H groups in total. The van der Waals surface area contributed by atoms with Crippen LogP contribution in [0.3, 0.4) is 0 Å². The van der Waals surface area contributed by atoms with E-state index in [4.69, 9.17) is 28.9 Å². The molecule has 5 nitrogen and oxygen atoms in total. The topological polar surface area (TPSA) is 75.9 Å². The van der Waals surface area contributed by atoms with Gasteiger partial charge in [-0.25, -0.2) is 9.97 Å². The Hall–Kier alpha value is -1.21. The van der Waals surface area contributed by atoms with Crippen molar-refractivity contribution >= 4 is 46.6 Å². The molecule has 0 amide bonds. The number of benzene rings is 1. The van der Waals surface area contributed by atoms with Gasteiger partial charge in [-0.1, -0.05) is 41.0 Å². The first-order valence-electron chi connectivity index (χ1n) is 7.32. The molecule has 1 atom stereocenters. The van der Waals surface area contributed by atoms with E-state index in [-0.39, 0.29) is 0 Å². The van der Waals surface area contributed by atoms with Crippen LogP contribution in [0.15, 0.2) is 34.3 Å². The number of hydrogen-bond acceptors (Lipinski definition) is 6. The van der Waals surface area contributed by atoms with Crippen LogP contribution in [0.1, 0.15) is 6.42 Å². The number of hydrogen-bond donors (Lipinski definition) is 3. The molecule has 122 valence electrons. The molecule has 1 aliphatic heterocycles. The molecule has 1 unspecified atom stereocenters. The number of anilines is 2. The second-order valence-electron chi connectivity index (χ2n) is 5.34. The average molecular weight is 370 g/mol. The molecule has 1 aromatic carbocycles. The summed E-state index contributed by atoms with van der Waals surface area (Å²) in [7, 11) is 0. The van der Waals surface area contributed by atoms with E-state index in [0.29, 0.717) is 32.6 Å². The van der Waals surface area contributed by atoms with Crippen molar-refractivity contribution < 1.29 is 0 Å². The van der Waals surface area contributed by atoms with Gasteiger partial charge in [-0.2, -0.15) is 0 Å². The summed E-state index contributed by atoms with van der Waals surface area (Å²) in [6, 6.07) is 5.46. The smallest absolute Gasteiger partial charge is 0.158 e. The van der Waals surface area contributed by atoms with Gasteiger partial charge in [-0.3, -0.25) is 0 Å². The van der Waals surface area contributed by atoms with Crippen molar-refractivity contribution in [2.75, 3.05) is 30.7 Å². The molecule has 0 aliphatic carbocycles. The van der Waals surface area contributed by atoms with Gasteiger partial charge in [0.15, 0.2) is 5.82 Å². The molecular weight excluding hydrogens is 353 g/mol. The lowest BCUT2D eigenvalue weighted by atomic mass is 10.1. The van der Waals surface area contributed by atoms with Crippen molar-refractivity contribution in [1.82, 2.24) is 15.3 Å². The van der Waals surface area contributed by atoms with E-state index in [2.05, 4.69) is 20.6 Å². The van der Waals surface area contributed by atoms with Gasteiger partial charge in [0.1, 0.15) is 10.8 Å². The quantitative estimate of drug-likeness (QED) is 0.748. The molecule has 0 radical (unpaired) electrons. The number of nitrogens with zero attached hydrogens (tertiary/aromatic N) is 2. The van der Waals surface area contributed by atoms with Crippen LogP contribution in [0.2, 0.25) is 10.0 Å². The molecule has 2 heterocycles. The second kappa shape index (κ2) is 7.57. The van der Waals surface area contributed by atoms with Crippen molar-refractivity contribution in [3.63, 3.8) is 0 Å². The fraction of sp³-hybridized carbons (Fsp3) is 0.333. The molecule has 8 heteroatoms. The molecule has 23 heavy (non-hydrogen) atoms. The summed E-state index contributed by atoms with van der Waals surface area (Å²) in [4.78, 5) is 9.56. The highest BCUT2D eigenvalue weighted by Crippen LogP contribution is 2.37. The zero-order valence-corrected chi connectivity index (χ0v) is 14.7. The minimum Gasteiger partial charge on any atom is -0.381 e. The van der Waals surface area contributed by atoms with Crippen LogP contribution in [0.25, 0.3) is 0 Å². The van der Waals surface area contributed by atoms with E-state index in [0.717, 1.165) is 24.5 Å². The predicted molar refractivity (Wildman–Crippen MR) is 96.5 cm³/mol. The molecular formula is C15H17Cl2N5S. The van der Waals surface area contributed by atoms with Crippen LogP contribution in [0.5, 0.6) is 0 Å². The summed E-state index contributed by atoms with van der Waals surface area (Å²) in [6.07, 6.45) is 2.87. The maximum absolute atomic E-state index is 6.19. The van der Waals surface area contributed by atoms with E-state index in [1.54, 1.807) is 12.3 Å². The van der Waals surface area contributed by atoms with Gasteiger partial charge in [-0.15, -0.1) is 0 Å². The Labute approximate surface area is 149 Å². The molecule has 3 rings (SSSR count). The maximum Gasteiger partial charge on any atom is 0.158 e. The molecule has 1 saturated heterocycles. The lowest BCUT2D eigenvalue weighted by molar-refractivity contribution is 0.614. The zero-order chi connectivity index (χ0) is 16.2. The standard InChI is InChI=1S/C15H17Cl2N5S/c16-10-2-1-3-11(13(10)17)23-15-14(18)22-12(8-21-15)20-7-9-4-5-19-6-9/h1-3,8-9,19H,4-7H2,(H3,18,20,22). The van der Waals surface area contributed by atoms with E-state index in [1.165, 1.54) is 18.2 Å². The average Bonchev–Trinajstić information content (AvgIpc) is 3.05. The summed E-state index contributed by atoms with van der Waals surface area (Å²) in [5.41, 5.74) is 6.02. The Bertz CT molecular complexity index is 692. The summed E-state index contributed by atoms with van der Waals surface area (Å²) < 4.78 is 0. The van der Waals surface area contributed by atoms with Crippen LogP contribution in [0.4, 0.5) is 11.6 Å². The summed E-state index contributed by atoms with van der Waals surface area (Å²) >= 11 is 13.6. The van der Waals surface area contributed by atoms with Crippen molar-refractivity contribution in [3.8, 4) is 0 Å². The van der Waals surface area contributed by atoms with Crippen LogP contribution >= 0.6 is 35.0 Å². The van der Waals surface area contributed by atoms with Gasteiger partial charge < -0.3 is 16.4 Å². The zero-order valence-electron chi connectivity index (χ0n) is 12.4. The minimum absolute atomic E-state index is 0.376. The Kier molecular flexibility index (Phi) is 5.48. The molecule has 0 saturated carbocycles. The van der Waals surface area contributed by atoms with Gasteiger partial charge >= 0.3 is 0 Å². The van der Waals surface area contributed by atoms with Crippen molar-refractivity contribution in [3.05, 3.63) is 34.4 Å². The van der Waals surface area contributed by atoms with Crippen molar-refractivity contribution in [2.24, 2.45) is 5.92 Å². The molecule has 0 bridgehead atoms. The Morgan fingerprint density at radius 3 is 3.00 bits per heavy atom. The second-order valence-corrected chi connectivity index (χ2v) is 7.16. The van der Waals surface area contributed by atoms with E-state index < -0.39 is 0 Å². The van der Waals surface area contributed by atoms with Crippen LogP contribution < -0.4 is 16.4 Å². The molecule has 1 aromatic heterocycles. The number of nitrogens with one attached hydrogen (secondary N) is 2. The molecule has 2 aromatic rings. The number of nitrogens with two attached hydrogens (primary N) is 1. The Balaban J connectivity index is 1.67. The molecule has 1 fully saturated rings. The third-order valence-electron chi connectivity index (χ3n) is 3.62. The summed E-state index contributed by atoms with van der Waals surface area (Å²) in [5.74, 6) is 1.69. The molecule has 0 spiro atoms. The lowest BCUT2D eigenvalue weighted by Crippen LogP contribution is -2.18. The van der Waals surface area contributed by atoms with Gasteiger partial charge in [0, 0.05) is 11.4 Å². The van der Waals surface area contributed by atoms with Crippen molar-refractivity contribution in [1.29, 1.82) is 0 Å². The predicted octanol–water partition coefficient (Wildman–Crippen LogP) is 3.54. The number of halogens is 2. The lowest BCUT2D eigenvalue weighted by Gasteiger charge is -2.12. The molecule has 1 aliphatic rings. The highest BCUT2D eigenvalue weighted by atomic mass is 35.5. The van der Waals surface area contributed by atoms with Gasteiger partial charge in [0.05, 0.1) is 16.2 Å². The van der Waals surface area contributed by atoms with Crippen LogP contribution in [-0.2, 0) is 0 Å². The summed E-state index contributed by atoms with van der Waals surface area (Å²) in [5, 5.41) is 8.24. The SMILES string of the molecule is Nc1nc(NCC2CCNC2)cnc1Sc1cccc(Cl)c1Cl. The number of rotatable bonds is 5. The maximum atomic E-state index is 6.19. The van der Waals surface area contributed by atoms with Gasteiger partial charge in [0.2, 0.25) is 0 Å². The van der Waals surface area contributed by atoms with E-state index in [9.17, 15) is 0 Å². The highest BCUT2D eigenvalue weighted by molar-refractivity contribution is 7.99. The Morgan fingerprint density at radius 2 is 2.26 bits per heavy atom. The minimum atomic E-state index is 0.376. The fourth-order valence-corrected chi connectivity index (χ4v) is 3.64. The third-order valence-corrected chi connectivity index (χ3v) is 5.62. The van der Waals surface area contributed by atoms with Crippen LogP contribution in [-0.4, -0.2) is 29.6 Å². The number of nitrogen functional groups attached to an aromatic ring is 1. The monoisotopic (exact) mass is 369 g/mol. The van der Waals surface area contributed by atoms with Gasteiger partial charge in [0.25, 0.3) is 0 Å². The number of aromatic nitrogens is 2. The first-order chi connectivity index (χ1) is 11.1. The van der Waals surface area contributed by atoms with Gasteiger partial charge in [-0.05, 0) is 37.6 Å². The van der Waals surface area contributed by atoms with Crippen molar-refractivity contribution in [2.45, 2.75) is 16.3 Å². The van der Waals surface area contributed by atoms with E-state index >= 15 is 0 Å². The highest BCUT2D eigenvalue weighted by Gasteiger charge is 2.15. The van der Waals surface area contributed by atoms with E-state index in [1.807, 2.05) is 12.1 Å². The fourth-order valence-electron chi connectivity index (χ4n) is 2.36. The largest absolute Gasteiger partial charge is 0.381 e. The summed E-state index contributed by atoms with van der Waals surface area (Å²) in [6.45, 7) is 2.99. The first kappa shape index (κ1) is 16.6. The normalized spacial score (nSPS) is 17.4. The third kappa shape index (κ3) is 4.20.